The largest absolute Gasteiger partial charge is 0.352 e. The van der Waals surface area contributed by atoms with Crippen LogP contribution in [-0.4, -0.2) is 38.3 Å². The van der Waals surface area contributed by atoms with Crippen molar-refractivity contribution in [1.82, 2.24) is 9.62 Å². The lowest BCUT2D eigenvalue weighted by Crippen LogP contribution is -2.36. The third kappa shape index (κ3) is 5.93. The number of carbonyl (C=O) groups is 1. The van der Waals surface area contributed by atoms with E-state index < -0.39 is 10.0 Å². The predicted octanol–water partition coefficient (Wildman–Crippen LogP) is 4.46. The maximum atomic E-state index is 12.9. The topological polar surface area (TPSA) is 66.5 Å². The molecule has 1 saturated heterocycles. The van der Waals surface area contributed by atoms with Gasteiger partial charge in [-0.2, -0.15) is 4.31 Å². The fraction of sp³-hybridized carbons (Fsp3) is 0.650. The van der Waals surface area contributed by atoms with Crippen molar-refractivity contribution in [2.24, 2.45) is 5.92 Å². The van der Waals surface area contributed by atoms with Gasteiger partial charge in [0, 0.05) is 19.6 Å². The van der Waals surface area contributed by atoms with Gasteiger partial charge in [0.15, 0.2) is 0 Å². The van der Waals surface area contributed by atoms with Gasteiger partial charge >= 0.3 is 0 Å². The van der Waals surface area contributed by atoms with Crippen molar-refractivity contribution in [3.05, 3.63) is 28.8 Å². The molecule has 1 aliphatic rings. The number of benzene rings is 1. The van der Waals surface area contributed by atoms with Gasteiger partial charge in [-0.3, -0.25) is 4.79 Å². The molecular formula is C20H31ClN2O3S. The number of amides is 1. The van der Waals surface area contributed by atoms with Gasteiger partial charge in [0.25, 0.3) is 5.91 Å². The van der Waals surface area contributed by atoms with E-state index in [1.165, 1.54) is 22.5 Å². The molecule has 1 aliphatic heterocycles. The minimum atomic E-state index is -3.59. The Kier molecular flexibility index (Phi) is 8.58. The maximum absolute atomic E-state index is 12.9. The van der Waals surface area contributed by atoms with E-state index in [0.29, 0.717) is 25.6 Å². The molecule has 0 aromatic heterocycles. The van der Waals surface area contributed by atoms with Crippen LogP contribution in [0.2, 0.25) is 5.02 Å². The standard InChI is InChI=1S/C20H31ClN2O3S/c1-3-5-9-16(4-2)15-22-20(24)18-14-17(10-11-19(18)21)27(25,26)23-12-7-6-8-13-23/h10-11,14,16H,3-9,12-13,15H2,1-2H3,(H,22,24)/t16-/m1/s1. The maximum Gasteiger partial charge on any atom is 0.252 e. The molecule has 2 rings (SSSR count). The zero-order valence-electron chi connectivity index (χ0n) is 16.3. The fourth-order valence-electron chi connectivity index (χ4n) is 3.37. The Morgan fingerprint density at radius 3 is 2.56 bits per heavy atom. The van der Waals surface area contributed by atoms with Crippen LogP contribution in [0, 0.1) is 5.92 Å². The molecule has 7 heteroatoms. The van der Waals surface area contributed by atoms with Crippen LogP contribution < -0.4 is 5.32 Å². The van der Waals surface area contributed by atoms with Gasteiger partial charge < -0.3 is 5.32 Å². The van der Waals surface area contributed by atoms with Crippen LogP contribution in [0.4, 0.5) is 0 Å². The van der Waals surface area contributed by atoms with Crippen LogP contribution in [0.15, 0.2) is 23.1 Å². The Morgan fingerprint density at radius 1 is 1.22 bits per heavy atom. The second-order valence-electron chi connectivity index (χ2n) is 7.23. The molecule has 0 aliphatic carbocycles. The summed E-state index contributed by atoms with van der Waals surface area (Å²) in [7, 11) is -3.59. The molecule has 1 amide bonds. The van der Waals surface area contributed by atoms with E-state index in [2.05, 4.69) is 19.2 Å². The summed E-state index contributed by atoms with van der Waals surface area (Å²) in [4.78, 5) is 12.7. The van der Waals surface area contributed by atoms with E-state index >= 15 is 0 Å². The summed E-state index contributed by atoms with van der Waals surface area (Å²) in [5.41, 5.74) is 0.222. The molecule has 152 valence electrons. The van der Waals surface area contributed by atoms with Gasteiger partial charge in [0.05, 0.1) is 15.5 Å². The molecule has 0 radical (unpaired) electrons. The highest BCUT2D eigenvalue weighted by Gasteiger charge is 2.27. The van der Waals surface area contributed by atoms with Crippen molar-refractivity contribution in [2.45, 2.75) is 63.7 Å². The summed E-state index contributed by atoms with van der Waals surface area (Å²) in [6, 6.07) is 4.40. The van der Waals surface area contributed by atoms with E-state index in [9.17, 15) is 13.2 Å². The Morgan fingerprint density at radius 2 is 1.93 bits per heavy atom. The molecular weight excluding hydrogens is 384 g/mol. The highest BCUT2D eigenvalue weighted by atomic mass is 35.5. The Hall–Kier alpha value is -1.11. The van der Waals surface area contributed by atoms with Crippen molar-refractivity contribution in [3.8, 4) is 0 Å². The van der Waals surface area contributed by atoms with Crippen LogP contribution >= 0.6 is 11.6 Å². The average Bonchev–Trinajstić information content (AvgIpc) is 2.68. The van der Waals surface area contributed by atoms with Crippen LogP contribution in [0.5, 0.6) is 0 Å². The summed E-state index contributed by atoms with van der Waals surface area (Å²) >= 11 is 6.19. The number of nitrogens with one attached hydrogen (secondary N) is 1. The molecule has 1 N–H and O–H groups in total. The van der Waals surface area contributed by atoms with E-state index in [1.54, 1.807) is 0 Å². The Balaban J connectivity index is 2.12. The molecule has 0 bridgehead atoms. The second-order valence-corrected chi connectivity index (χ2v) is 9.58. The lowest BCUT2D eigenvalue weighted by atomic mass is 9.99. The smallest absolute Gasteiger partial charge is 0.252 e. The van der Waals surface area contributed by atoms with E-state index in [4.69, 9.17) is 11.6 Å². The number of halogens is 1. The zero-order chi connectivity index (χ0) is 19.9. The number of hydrogen-bond acceptors (Lipinski definition) is 3. The van der Waals surface area contributed by atoms with Crippen molar-refractivity contribution >= 4 is 27.5 Å². The quantitative estimate of drug-likeness (QED) is 0.648. The van der Waals surface area contributed by atoms with Gasteiger partial charge in [-0.1, -0.05) is 51.1 Å². The van der Waals surface area contributed by atoms with Gasteiger partial charge in [0.2, 0.25) is 10.0 Å². The summed E-state index contributed by atoms with van der Waals surface area (Å²) in [6.07, 6.45) is 7.14. The summed E-state index contributed by atoms with van der Waals surface area (Å²) in [6.45, 7) is 5.91. The van der Waals surface area contributed by atoms with Crippen molar-refractivity contribution in [2.75, 3.05) is 19.6 Å². The number of unbranched alkanes of at least 4 members (excludes halogenated alkanes) is 1. The lowest BCUT2D eigenvalue weighted by Gasteiger charge is -2.26. The predicted molar refractivity (Wildman–Crippen MR) is 110 cm³/mol. The van der Waals surface area contributed by atoms with Gasteiger partial charge in [-0.15, -0.1) is 0 Å². The first kappa shape index (κ1) is 22.2. The monoisotopic (exact) mass is 414 g/mol. The fourth-order valence-corrected chi connectivity index (χ4v) is 5.12. The van der Waals surface area contributed by atoms with Crippen LogP contribution in [-0.2, 0) is 10.0 Å². The third-order valence-electron chi connectivity index (χ3n) is 5.23. The number of carbonyl (C=O) groups excluding carboxylic acids is 1. The van der Waals surface area contributed by atoms with E-state index in [1.807, 2.05) is 0 Å². The molecule has 1 heterocycles. The summed E-state index contributed by atoms with van der Waals surface area (Å²) < 4.78 is 27.2. The first-order chi connectivity index (χ1) is 12.9. The minimum absolute atomic E-state index is 0.136. The van der Waals surface area contributed by atoms with Crippen molar-refractivity contribution in [3.63, 3.8) is 0 Å². The molecule has 0 spiro atoms. The lowest BCUT2D eigenvalue weighted by molar-refractivity contribution is 0.0945. The van der Waals surface area contributed by atoms with E-state index in [-0.39, 0.29) is 21.4 Å². The molecule has 1 aromatic rings. The molecule has 1 atom stereocenters. The minimum Gasteiger partial charge on any atom is -0.352 e. The van der Waals surface area contributed by atoms with Crippen LogP contribution in [0.3, 0.4) is 0 Å². The van der Waals surface area contributed by atoms with Crippen molar-refractivity contribution < 1.29 is 13.2 Å². The normalized spacial score (nSPS) is 16.9. The molecule has 0 saturated carbocycles. The highest BCUT2D eigenvalue weighted by molar-refractivity contribution is 7.89. The first-order valence-corrected chi connectivity index (χ1v) is 11.8. The van der Waals surface area contributed by atoms with Crippen LogP contribution in [0.25, 0.3) is 0 Å². The number of rotatable bonds is 9. The molecule has 1 aromatic carbocycles. The molecule has 0 unspecified atom stereocenters. The highest BCUT2D eigenvalue weighted by Crippen LogP contribution is 2.25. The second kappa shape index (κ2) is 10.4. The number of nitrogens with zero attached hydrogens (tertiary/aromatic N) is 1. The number of hydrogen-bond donors (Lipinski definition) is 1. The summed E-state index contributed by atoms with van der Waals surface area (Å²) in [5, 5.41) is 3.20. The van der Waals surface area contributed by atoms with Crippen molar-refractivity contribution in [1.29, 1.82) is 0 Å². The van der Waals surface area contributed by atoms with Gasteiger partial charge in [-0.25, -0.2) is 8.42 Å². The SMILES string of the molecule is CCCC[C@@H](CC)CNC(=O)c1cc(S(=O)(=O)N2CCCCC2)ccc1Cl. The van der Waals surface area contributed by atoms with Crippen LogP contribution in [0.1, 0.15) is 69.2 Å². The third-order valence-corrected chi connectivity index (χ3v) is 7.45. The first-order valence-electron chi connectivity index (χ1n) is 9.98. The summed E-state index contributed by atoms with van der Waals surface area (Å²) in [5.74, 6) is 0.110. The number of sulfonamides is 1. The number of piperidine rings is 1. The average molecular weight is 415 g/mol. The van der Waals surface area contributed by atoms with Gasteiger partial charge in [0.1, 0.15) is 0 Å². The Bertz CT molecular complexity index is 731. The zero-order valence-corrected chi connectivity index (χ0v) is 17.9. The Labute approximate surface area is 168 Å². The molecule has 5 nitrogen and oxygen atoms in total. The molecule has 1 fully saturated rings. The molecule has 27 heavy (non-hydrogen) atoms. The van der Waals surface area contributed by atoms with E-state index in [0.717, 1.165) is 44.9 Å². The van der Waals surface area contributed by atoms with Gasteiger partial charge in [-0.05, 0) is 43.4 Å².